The van der Waals surface area contributed by atoms with E-state index >= 15 is 0 Å². The third-order valence-corrected chi connectivity index (χ3v) is 8.10. The van der Waals surface area contributed by atoms with Crippen LogP contribution in [0, 0.1) is 28.6 Å². The quantitative estimate of drug-likeness (QED) is 0.673. The monoisotopic (exact) mass is 326 g/mol. The van der Waals surface area contributed by atoms with Crippen LogP contribution >= 0.6 is 0 Å². The van der Waals surface area contributed by atoms with Crippen molar-refractivity contribution in [2.24, 2.45) is 28.6 Å². The molecule has 1 aromatic rings. The Kier molecular flexibility index (Phi) is 3.43. The molecule has 2 heteroatoms. The van der Waals surface area contributed by atoms with Crippen molar-refractivity contribution in [3.05, 3.63) is 35.9 Å². The molecule has 0 aliphatic heterocycles. The first-order chi connectivity index (χ1) is 11.3. The van der Waals surface area contributed by atoms with Crippen molar-refractivity contribution in [2.75, 3.05) is 0 Å². The number of esters is 1. The third-order valence-electron chi connectivity index (χ3n) is 8.10. The van der Waals surface area contributed by atoms with Crippen molar-refractivity contribution in [2.45, 2.75) is 65.4 Å². The molecule has 0 saturated heterocycles. The van der Waals surface area contributed by atoms with Crippen molar-refractivity contribution in [3.8, 4) is 0 Å². The normalized spacial score (nSPS) is 42.6. The maximum absolute atomic E-state index is 12.7. The summed E-state index contributed by atoms with van der Waals surface area (Å²) in [6, 6.07) is 9.45. The lowest BCUT2D eigenvalue weighted by Gasteiger charge is -2.46. The largest absolute Gasteiger partial charge is 0.455 e. The molecule has 3 aliphatic rings. The number of carbonyl (C=O) groups is 1. The van der Waals surface area contributed by atoms with Crippen LogP contribution in [0.4, 0.5) is 0 Å². The van der Waals surface area contributed by atoms with Crippen LogP contribution in [0.5, 0.6) is 0 Å². The van der Waals surface area contributed by atoms with E-state index in [0.717, 1.165) is 18.3 Å². The van der Waals surface area contributed by atoms with Gasteiger partial charge in [-0.1, -0.05) is 39.0 Å². The van der Waals surface area contributed by atoms with Gasteiger partial charge < -0.3 is 4.74 Å². The Bertz CT molecular complexity index is 649. The number of hydrogen-bond acceptors (Lipinski definition) is 2. The zero-order valence-corrected chi connectivity index (χ0v) is 15.5. The van der Waals surface area contributed by atoms with Gasteiger partial charge in [0.05, 0.1) is 5.56 Å². The first kappa shape index (κ1) is 16.2. The number of carbonyl (C=O) groups excluding carboxylic acids is 1. The molecule has 3 fully saturated rings. The van der Waals surface area contributed by atoms with E-state index in [-0.39, 0.29) is 17.0 Å². The summed E-state index contributed by atoms with van der Waals surface area (Å²) in [5, 5.41) is 0. The van der Waals surface area contributed by atoms with Gasteiger partial charge in [0.2, 0.25) is 0 Å². The van der Waals surface area contributed by atoms with Gasteiger partial charge in [0.25, 0.3) is 0 Å². The first-order valence-electron chi connectivity index (χ1n) is 9.58. The van der Waals surface area contributed by atoms with Gasteiger partial charge in [-0.15, -0.1) is 0 Å². The van der Waals surface area contributed by atoms with E-state index in [1.54, 1.807) is 0 Å². The second-order valence-electron chi connectivity index (χ2n) is 9.41. The van der Waals surface area contributed by atoms with E-state index < -0.39 is 0 Å². The molecule has 0 unspecified atom stereocenters. The zero-order chi connectivity index (χ0) is 17.2. The lowest BCUT2D eigenvalue weighted by atomic mass is 9.64. The second kappa shape index (κ2) is 5.09. The fourth-order valence-electron chi connectivity index (χ4n) is 6.83. The number of ether oxygens (including phenoxy) is 1. The average molecular weight is 326 g/mol. The lowest BCUT2D eigenvalue weighted by Crippen LogP contribution is -2.47. The summed E-state index contributed by atoms with van der Waals surface area (Å²) in [6.07, 6.45) is 6.21. The maximum atomic E-state index is 12.7. The number of rotatable bonds is 2. The second-order valence-corrected chi connectivity index (χ2v) is 9.41. The summed E-state index contributed by atoms with van der Waals surface area (Å²) in [4.78, 5) is 12.7. The number of hydrogen-bond donors (Lipinski definition) is 0. The molecule has 5 atom stereocenters. The molecule has 0 radical (unpaired) electrons. The van der Waals surface area contributed by atoms with Gasteiger partial charge in [-0.2, -0.15) is 0 Å². The maximum Gasteiger partial charge on any atom is 0.338 e. The van der Waals surface area contributed by atoms with Gasteiger partial charge in [-0.3, -0.25) is 0 Å². The van der Waals surface area contributed by atoms with Gasteiger partial charge in [0, 0.05) is 5.92 Å². The summed E-state index contributed by atoms with van der Waals surface area (Å²) in [5.74, 6) is 1.93. The summed E-state index contributed by atoms with van der Waals surface area (Å²) in [7, 11) is 0. The summed E-state index contributed by atoms with van der Waals surface area (Å²) in [5.41, 5.74) is 1.11. The van der Waals surface area contributed by atoms with Crippen molar-refractivity contribution in [1.82, 2.24) is 0 Å². The average Bonchev–Trinajstić information content (AvgIpc) is 2.98. The van der Waals surface area contributed by atoms with Gasteiger partial charge >= 0.3 is 5.97 Å². The molecule has 4 rings (SSSR count). The van der Waals surface area contributed by atoms with E-state index in [9.17, 15) is 4.79 Å². The lowest BCUT2D eigenvalue weighted by molar-refractivity contribution is -0.0882. The Labute approximate surface area is 146 Å². The van der Waals surface area contributed by atoms with Crippen LogP contribution in [0.1, 0.15) is 70.2 Å². The predicted octanol–water partition coefficient (Wildman–Crippen LogP) is 5.47. The molecule has 0 amide bonds. The highest BCUT2D eigenvalue weighted by Gasteiger charge is 2.68. The highest BCUT2D eigenvalue weighted by Crippen LogP contribution is 2.73. The number of fused-ring (bicyclic) bond motifs is 1. The summed E-state index contributed by atoms with van der Waals surface area (Å²) in [6.45, 7) is 9.51. The first-order valence-corrected chi connectivity index (χ1v) is 9.58. The molecular weight excluding hydrogens is 296 g/mol. The standard InChI is InChI=1S/C22H30O2/c1-15-10-11-17-20(2,3)18-14-22(15,17)13-12-21(18,4)24-19(23)16-8-6-5-7-9-16/h5-9,15,17-18H,10-14H2,1-4H3/t15-,17+,18-,21-,22+/m1/s1. The van der Waals surface area contributed by atoms with Crippen LogP contribution in [0.25, 0.3) is 0 Å². The van der Waals surface area contributed by atoms with Crippen LogP contribution in [0.15, 0.2) is 30.3 Å². The Morgan fingerprint density at radius 1 is 1.04 bits per heavy atom. The van der Waals surface area contributed by atoms with E-state index in [1.807, 2.05) is 30.3 Å². The van der Waals surface area contributed by atoms with E-state index in [1.165, 1.54) is 25.7 Å². The minimum absolute atomic E-state index is 0.157. The van der Waals surface area contributed by atoms with Crippen LogP contribution in [-0.2, 0) is 4.74 Å². The van der Waals surface area contributed by atoms with E-state index in [0.29, 0.717) is 16.9 Å². The molecule has 3 aliphatic carbocycles. The van der Waals surface area contributed by atoms with E-state index in [4.69, 9.17) is 4.74 Å². The molecule has 0 heterocycles. The molecule has 24 heavy (non-hydrogen) atoms. The SMILES string of the molecule is C[C@@H]1CC[C@H]2C(C)(C)[C@H]3C[C@@]12CC[C@@]3(C)OC(=O)c1ccccc1. The predicted molar refractivity (Wildman–Crippen MR) is 95.7 cm³/mol. The molecule has 130 valence electrons. The summed E-state index contributed by atoms with van der Waals surface area (Å²) < 4.78 is 6.19. The number of benzene rings is 1. The molecule has 1 aromatic carbocycles. The fourth-order valence-corrected chi connectivity index (χ4v) is 6.83. The Balaban J connectivity index is 1.63. The van der Waals surface area contributed by atoms with Gasteiger partial charge in [0.15, 0.2) is 0 Å². The van der Waals surface area contributed by atoms with Crippen LogP contribution in [0.3, 0.4) is 0 Å². The summed E-state index contributed by atoms with van der Waals surface area (Å²) >= 11 is 0. The Hall–Kier alpha value is -1.31. The Morgan fingerprint density at radius 3 is 2.46 bits per heavy atom. The van der Waals surface area contributed by atoms with Crippen molar-refractivity contribution < 1.29 is 9.53 Å². The van der Waals surface area contributed by atoms with Gasteiger partial charge in [-0.25, -0.2) is 4.79 Å². The zero-order valence-electron chi connectivity index (χ0n) is 15.5. The molecular formula is C22H30O2. The molecule has 3 saturated carbocycles. The van der Waals surface area contributed by atoms with Crippen molar-refractivity contribution >= 4 is 5.97 Å². The van der Waals surface area contributed by atoms with Crippen LogP contribution in [0.2, 0.25) is 0 Å². The molecule has 0 N–H and O–H groups in total. The van der Waals surface area contributed by atoms with E-state index in [2.05, 4.69) is 27.7 Å². The molecule has 1 spiro atoms. The topological polar surface area (TPSA) is 26.3 Å². The minimum Gasteiger partial charge on any atom is -0.455 e. The fraction of sp³-hybridized carbons (Fsp3) is 0.682. The molecule has 0 aromatic heterocycles. The van der Waals surface area contributed by atoms with Gasteiger partial charge in [0.1, 0.15) is 5.60 Å². The van der Waals surface area contributed by atoms with Gasteiger partial charge in [-0.05, 0) is 73.8 Å². The highest BCUT2D eigenvalue weighted by atomic mass is 16.6. The third kappa shape index (κ3) is 2.04. The van der Waals surface area contributed by atoms with Crippen LogP contribution < -0.4 is 0 Å². The molecule has 2 bridgehead atoms. The highest BCUT2D eigenvalue weighted by molar-refractivity contribution is 5.89. The van der Waals surface area contributed by atoms with Crippen LogP contribution in [-0.4, -0.2) is 11.6 Å². The Morgan fingerprint density at radius 2 is 1.75 bits per heavy atom. The van der Waals surface area contributed by atoms with Crippen molar-refractivity contribution in [1.29, 1.82) is 0 Å². The van der Waals surface area contributed by atoms with Crippen molar-refractivity contribution in [3.63, 3.8) is 0 Å². The smallest absolute Gasteiger partial charge is 0.338 e. The molecule has 2 nitrogen and oxygen atoms in total. The minimum atomic E-state index is -0.328.